The summed E-state index contributed by atoms with van der Waals surface area (Å²) in [5.74, 6) is -0.703. The normalized spacial score (nSPS) is 12.1. The highest BCUT2D eigenvalue weighted by Gasteiger charge is 2.23. The quantitative estimate of drug-likeness (QED) is 0.805. The number of methoxy groups -OCH3 is 1. The lowest BCUT2D eigenvalue weighted by molar-refractivity contribution is -0.143. The summed E-state index contributed by atoms with van der Waals surface area (Å²) >= 11 is 3.14. The van der Waals surface area contributed by atoms with Gasteiger partial charge in [0.2, 0.25) is 0 Å². The largest absolute Gasteiger partial charge is 0.507 e. The van der Waals surface area contributed by atoms with Gasteiger partial charge in [0.15, 0.2) is 0 Å². The summed E-state index contributed by atoms with van der Waals surface area (Å²) in [6.07, 6.45) is 0.487. The summed E-state index contributed by atoms with van der Waals surface area (Å²) in [5.41, 5.74) is 0.281. The van der Waals surface area contributed by atoms with Crippen molar-refractivity contribution >= 4 is 27.8 Å². The third-order valence-corrected chi connectivity index (χ3v) is 3.38. The summed E-state index contributed by atoms with van der Waals surface area (Å²) in [5, 5.41) is 12.2. The van der Waals surface area contributed by atoms with Gasteiger partial charge >= 0.3 is 5.97 Å². The number of benzene rings is 1. The van der Waals surface area contributed by atoms with Crippen LogP contribution >= 0.6 is 15.9 Å². The fourth-order valence-corrected chi connectivity index (χ4v) is 1.97. The molecule has 6 heteroatoms. The number of hydrogen-bond acceptors (Lipinski definition) is 4. The van der Waals surface area contributed by atoms with E-state index >= 15 is 0 Å². The van der Waals surface area contributed by atoms with Gasteiger partial charge in [0, 0.05) is 5.56 Å². The number of rotatable bonds is 5. The molecule has 1 amide bonds. The molecule has 0 aliphatic rings. The predicted octanol–water partition coefficient (Wildman–Crippen LogP) is 2.47. The zero-order chi connectivity index (χ0) is 15.3. The topological polar surface area (TPSA) is 75.6 Å². The number of carbonyl (C=O) groups excluding carboxylic acids is 2. The minimum atomic E-state index is -0.696. The molecular formula is C14H18BrNO4. The second kappa shape index (κ2) is 7.28. The first-order chi connectivity index (χ1) is 9.35. The van der Waals surface area contributed by atoms with Crippen LogP contribution in [-0.2, 0) is 9.53 Å². The van der Waals surface area contributed by atoms with E-state index in [1.807, 2.05) is 13.8 Å². The van der Waals surface area contributed by atoms with E-state index in [0.29, 0.717) is 10.9 Å². The van der Waals surface area contributed by atoms with E-state index in [0.717, 1.165) is 0 Å². The Balaban J connectivity index is 2.84. The second-order valence-corrected chi connectivity index (χ2v) is 5.70. The molecule has 0 bridgehead atoms. The summed E-state index contributed by atoms with van der Waals surface area (Å²) in [6.45, 7) is 3.90. The highest BCUT2D eigenvalue weighted by Crippen LogP contribution is 2.24. The van der Waals surface area contributed by atoms with E-state index in [4.69, 9.17) is 0 Å². The Morgan fingerprint density at radius 2 is 2.05 bits per heavy atom. The van der Waals surface area contributed by atoms with Crippen LogP contribution in [0, 0.1) is 5.92 Å². The lowest BCUT2D eigenvalue weighted by atomic mass is 10.0. The van der Waals surface area contributed by atoms with Crippen LogP contribution in [0.1, 0.15) is 30.6 Å². The van der Waals surface area contributed by atoms with Gasteiger partial charge in [-0.05, 0) is 46.5 Å². The van der Waals surface area contributed by atoms with E-state index < -0.39 is 17.9 Å². The molecule has 1 aromatic carbocycles. The van der Waals surface area contributed by atoms with Gasteiger partial charge < -0.3 is 15.2 Å². The molecule has 1 atom stereocenters. The smallest absolute Gasteiger partial charge is 0.328 e. The molecule has 0 saturated carbocycles. The van der Waals surface area contributed by atoms with Gasteiger partial charge in [-0.3, -0.25) is 4.79 Å². The van der Waals surface area contributed by atoms with E-state index in [1.165, 1.54) is 13.2 Å². The molecule has 1 rings (SSSR count). The average Bonchev–Trinajstić information content (AvgIpc) is 2.39. The third kappa shape index (κ3) is 4.52. The van der Waals surface area contributed by atoms with Crippen LogP contribution in [0.5, 0.6) is 5.75 Å². The van der Waals surface area contributed by atoms with Crippen molar-refractivity contribution in [1.82, 2.24) is 5.32 Å². The number of amides is 1. The Hall–Kier alpha value is -1.56. The van der Waals surface area contributed by atoms with Gasteiger partial charge in [0.05, 0.1) is 11.6 Å². The van der Waals surface area contributed by atoms with Crippen molar-refractivity contribution in [3.8, 4) is 5.75 Å². The molecule has 0 heterocycles. The second-order valence-electron chi connectivity index (χ2n) is 4.84. The van der Waals surface area contributed by atoms with Gasteiger partial charge in [-0.1, -0.05) is 13.8 Å². The number of halogens is 1. The molecule has 5 nitrogen and oxygen atoms in total. The SMILES string of the molecule is COC(=O)C(CC(C)C)NC(=O)c1ccc(Br)c(O)c1. The molecule has 110 valence electrons. The minimum absolute atomic E-state index is 0.0314. The summed E-state index contributed by atoms with van der Waals surface area (Å²) < 4.78 is 5.18. The Kier molecular flexibility index (Phi) is 6.01. The van der Waals surface area contributed by atoms with Crippen molar-refractivity contribution in [3.05, 3.63) is 28.2 Å². The molecule has 0 radical (unpaired) electrons. The molecule has 1 aromatic rings. The Morgan fingerprint density at radius 3 is 2.55 bits per heavy atom. The molecular weight excluding hydrogens is 326 g/mol. The van der Waals surface area contributed by atoms with Crippen LogP contribution in [0.15, 0.2) is 22.7 Å². The predicted molar refractivity (Wildman–Crippen MR) is 78.5 cm³/mol. The molecule has 1 unspecified atom stereocenters. The van der Waals surface area contributed by atoms with Gasteiger partial charge in [-0.25, -0.2) is 4.79 Å². The molecule has 2 N–H and O–H groups in total. The molecule has 0 spiro atoms. The van der Waals surface area contributed by atoms with Crippen molar-refractivity contribution in [1.29, 1.82) is 0 Å². The number of carbonyl (C=O) groups is 2. The number of phenolic OH excluding ortho intramolecular Hbond substituents is 1. The molecule has 0 saturated heterocycles. The number of nitrogens with one attached hydrogen (secondary N) is 1. The standard InChI is InChI=1S/C14H18BrNO4/c1-8(2)6-11(14(19)20-3)16-13(18)9-4-5-10(15)12(17)7-9/h4-5,7-8,11,17H,6H2,1-3H3,(H,16,18). The van der Waals surface area contributed by atoms with E-state index in [-0.39, 0.29) is 17.2 Å². The monoisotopic (exact) mass is 343 g/mol. The minimum Gasteiger partial charge on any atom is -0.507 e. The first kappa shape index (κ1) is 16.5. The molecule has 0 fully saturated rings. The zero-order valence-electron chi connectivity index (χ0n) is 11.6. The van der Waals surface area contributed by atoms with Crippen LogP contribution in [0.3, 0.4) is 0 Å². The lowest BCUT2D eigenvalue weighted by Gasteiger charge is -2.18. The highest BCUT2D eigenvalue weighted by atomic mass is 79.9. The first-order valence-electron chi connectivity index (χ1n) is 6.22. The fourth-order valence-electron chi connectivity index (χ4n) is 1.72. The summed E-state index contributed by atoms with van der Waals surface area (Å²) in [7, 11) is 1.28. The van der Waals surface area contributed by atoms with Gasteiger partial charge in [-0.2, -0.15) is 0 Å². The number of esters is 1. The summed E-state index contributed by atoms with van der Waals surface area (Å²) in [6, 6.07) is 3.77. The van der Waals surface area contributed by atoms with E-state index in [1.54, 1.807) is 12.1 Å². The maximum Gasteiger partial charge on any atom is 0.328 e. The first-order valence-corrected chi connectivity index (χ1v) is 7.01. The van der Waals surface area contributed by atoms with Gasteiger partial charge in [0.25, 0.3) is 5.91 Å². The van der Waals surface area contributed by atoms with Gasteiger partial charge in [0.1, 0.15) is 11.8 Å². The number of ether oxygens (including phenoxy) is 1. The van der Waals surface area contributed by atoms with Crippen LogP contribution in [0.25, 0.3) is 0 Å². The molecule has 0 aliphatic carbocycles. The molecule has 0 aromatic heterocycles. The Bertz CT molecular complexity index is 502. The Labute approximate surface area is 126 Å². The van der Waals surface area contributed by atoms with E-state index in [2.05, 4.69) is 26.0 Å². The maximum absolute atomic E-state index is 12.1. The van der Waals surface area contributed by atoms with Gasteiger partial charge in [-0.15, -0.1) is 0 Å². The van der Waals surface area contributed by atoms with Crippen LogP contribution in [0.4, 0.5) is 0 Å². The highest BCUT2D eigenvalue weighted by molar-refractivity contribution is 9.10. The van der Waals surface area contributed by atoms with Crippen molar-refractivity contribution in [3.63, 3.8) is 0 Å². The van der Waals surface area contributed by atoms with Crippen LogP contribution in [-0.4, -0.2) is 30.1 Å². The van der Waals surface area contributed by atoms with Crippen LogP contribution in [0.2, 0.25) is 0 Å². The zero-order valence-corrected chi connectivity index (χ0v) is 13.2. The average molecular weight is 344 g/mol. The number of aromatic hydroxyl groups is 1. The maximum atomic E-state index is 12.1. The summed E-state index contributed by atoms with van der Waals surface area (Å²) in [4.78, 5) is 23.7. The Morgan fingerprint density at radius 1 is 1.40 bits per heavy atom. The lowest BCUT2D eigenvalue weighted by Crippen LogP contribution is -2.42. The van der Waals surface area contributed by atoms with Crippen molar-refractivity contribution < 1.29 is 19.4 Å². The van der Waals surface area contributed by atoms with Crippen LogP contribution < -0.4 is 5.32 Å². The molecule has 0 aliphatic heterocycles. The van der Waals surface area contributed by atoms with Crippen molar-refractivity contribution in [2.75, 3.05) is 7.11 Å². The third-order valence-electron chi connectivity index (χ3n) is 2.71. The fraction of sp³-hybridized carbons (Fsp3) is 0.429. The number of phenols is 1. The van der Waals surface area contributed by atoms with Crippen molar-refractivity contribution in [2.24, 2.45) is 5.92 Å². The molecule has 20 heavy (non-hydrogen) atoms. The van der Waals surface area contributed by atoms with E-state index in [9.17, 15) is 14.7 Å². The number of hydrogen-bond donors (Lipinski definition) is 2. The van der Waals surface area contributed by atoms with Crippen molar-refractivity contribution in [2.45, 2.75) is 26.3 Å².